The minimum Gasteiger partial charge on any atom is -0.477 e. The average Bonchev–Trinajstić information content (AvgIpc) is 3.06. The van der Waals surface area contributed by atoms with Crippen LogP contribution < -0.4 is 15.0 Å². The first-order valence-electron chi connectivity index (χ1n) is 9.45. The molecule has 3 heterocycles. The molecule has 12 heteroatoms. The van der Waals surface area contributed by atoms with Gasteiger partial charge in [-0.1, -0.05) is 0 Å². The van der Waals surface area contributed by atoms with E-state index in [0.29, 0.717) is 12.0 Å². The molecule has 3 rings (SSSR count). The van der Waals surface area contributed by atoms with E-state index in [-0.39, 0.29) is 31.1 Å². The van der Waals surface area contributed by atoms with Crippen molar-refractivity contribution in [2.24, 2.45) is 5.92 Å². The Balaban J connectivity index is 1.93. The molecule has 0 spiro atoms. The number of nitrogens with one attached hydrogen (secondary N) is 1. The quantitative estimate of drug-likeness (QED) is 0.577. The number of alkyl carbamates (subject to hydrolysis) is 1. The van der Waals surface area contributed by atoms with Gasteiger partial charge in [-0.2, -0.15) is 13.2 Å². The number of pyridine rings is 1. The molecular formula is C18H23F3N4O5. The van der Waals surface area contributed by atoms with E-state index in [0.717, 1.165) is 6.20 Å². The van der Waals surface area contributed by atoms with Gasteiger partial charge in [0.05, 0.1) is 23.5 Å². The van der Waals surface area contributed by atoms with Gasteiger partial charge in [0.1, 0.15) is 17.5 Å². The Bertz CT molecular complexity index is 840. The largest absolute Gasteiger partial charge is 0.477 e. The summed E-state index contributed by atoms with van der Waals surface area (Å²) in [6.07, 6.45) is -4.43. The average molecular weight is 432 g/mol. The van der Waals surface area contributed by atoms with E-state index >= 15 is 0 Å². The number of hydrogen-bond acceptors (Lipinski definition) is 7. The smallest absolute Gasteiger partial charge is 0.407 e. The molecule has 2 aliphatic heterocycles. The number of hydrogen-bond donors (Lipinski definition) is 1. The van der Waals surface area contributed by atoms with Crippen LogP contribution in [0.2, 0.25) is 0 Å². The number of aromatic nitrogens is 1. The van der Waals surface area contributed by atoms with Crippen LogP contribution in [-0.4, -0.2) is 53.5 Å². The Morgan fingerprint density at radius 2 is 2.07 bits per heavy atom. The first-order valence-corrected chi connectivity index (χ1v) is 9.45. The lowest BCUT2D eigenvalue weighted by atomic mass is 9.92. The predicted octanol–water partition coefficient (Wildman–Crippen LogP) is 3.21. The molecule has 0 saturated carbocycles. The van der Waals surface area contributed by atoms with Gasteiger partial charge in [-0.05, 0) is 27.2 Å². The normalized spacial score (nSPS) is 21.6. The van der Waals surface area contributed by atoms with Crippen LogP contribution in [0.4, 0.5) is 29.3 Å². The third-order valence-electron chi connectivity index (χ3n) is 4.83. The van der Waals surface area contributed by atoms with Crippen molar-refractivity contribution in [3.63, 3.8) is 0 Å². The topological polar surface area (TPSA) is 107 Å². The van der Waals surface area contributed by atoms with E-state index in [1.807, 2.05) is 0 Å². The second-order valence-electron chi connectivity index (χ2n) is 8.35. The Labute approximate surface area is 170 Å². The summed E-state index contributed by atoms with van der Waals surface area (Å²) in [4.78, 5) is 28.2. The molecule has 0 aliphatic carbocycles. The molecule has 1 aromatic heterocycles. The number of fused-ring (bicyclic) bond motifs is 1. The molecule has 0 bridgehead atoms. The zero-order valence-electron chi connectivity index (χ0n) is 16.8. The maximum Gasteiger partial charge on any atom is 0.407 e. The van der Waals surface area contributed by atoms with Gasteiger partial charge in [0.15, 0.2) is 0 Å². The fourth-order valence-corrected chi connectivity index (χ4v) is 3.70. The van der Waals surface area contributed by atoms with Gasteiger partial charge in [-0.15, -0.1) is 0 Å². The molecule has 30 heavy (non-hydrogen) atoms. The monoisotopic (exact) mass is 432 g/mol. The summed E-state index contributed by atoms with van der Waals surface area (Å²) >= 11 is 0. The van der Waals surface area contributed by atoms with Crippen molar-refractivity contribution in [3.05, 3.63) is 21.9 Å². The van der Waals surface area contributed by atoms with Crippen molar-refractivity contribution in [2.45, 2.75) is 51.4 Å². The molecule has 2 atom stereocenters. The molecule has 2 aliphatic rings. The number of anilines is 1. The number of ether oxygens (including phenoxy) is 2. The number of piperidine rings is 1. The van der Waals surface area contributed by atoms with Gasteiger partial charge >= 0.3 is 18.0 Å². The highest BCUT2D eigenvalue weighted by Gasteiger charge is 2.46. The highest BCUT2D eigenvalue weighted by molar-refractivity contribution is 5.71. The number of amides is 1. The van der Waals surface area contributed by atoms with Gasteiger partial charge in [0.25, 0.3) is 0 Å². The lowest BCUT2D eigenvalue weighted by molar-refractivity contribution is -0.384. The molecule has 0 aromatic carbocycles. The summed E-state index contributed by atoms with van der Waals surface area (Å²) in [5.74, 6) is -1.60. The maximum absolute atomic E-state index is 13.6. The van der Waals surface area contributed by atoms with E-state index in [1.165, 1.54) is 4.90 Å². The van der Waals surface area contributed by atoms with Gasteiger partial charge in [0, 0.05) is 25.1 Å². The highest BCUT2D eigenvalue weighted by atomic mass is 19.4. The van der Waals surface area contributed by atoms with Crippen LogP contribution in [0.5, 0.6) is 5.88 Å². The van der Waals surface area contributed by atoms with Gasteiger partial charge in [-0.3, -0.25) is 10.1 Å². The zero-order valence-corrected chi connectivity index (χ0v) is 16.8. The summed E-state index contributed by atoms with van der Waals surface area (Å²) in [7, 11) is 0. The zero-order chi connectivity index (χ0) is 22.3. The van der Waals surface area contributed by atoms with Crippen molar-refractivity contribution in [1.29, 1.82) is 0 Å². The van der Waals surface area contributed by atoms with Gasteiger partial charge < -0.3 is 19.7 Å². The number of alkyl halides is 3. The summed E-state index contributed by atoms with van der Waals surface area (Å²) in [6.45, 7) is 4.66. The van der Waals surface area contributed by atoms with E-state index in [2.05, 4.69) is 10.3 Å². The Morgan fingerprint density at radius 1 is 1.37 bits per heavy atom. The molecule has 9 nitrogen and oxygen atoms in total. The van der Waals surface area contributed by atoms with E-state index in [1.54, 1.807) is 20.8 Å². The Hall–Kier alpha value is -2.79. The van der Waals surface area contributed by atoms with Crippen molar-refractivity contribution >= 4 is 17.5 Å². The van der Waals surface area contributed by atoms with Crippen LogP contribution in [-0.2, 0) is 11.2 Å². The van der Waals surface area contributed by atoms with Crippen LogP contribution >= 0.6 is 0 Å². The highest BCUT2D eigenvalue weighted by Crippen LogP contribution is 2.42. The number of rotatable bonds is 3. The van der Waals surface area contributed by atoms with Crippen molar-refractivity contribution in [1.82, 2.24) is 10.3 Å². The summed E-state index contributed by atoms with van der Waals surface area (Å²) < 4.78 is 51.3. The Kier molecular flexibility index (Phi) is 5.70. The minimum atomic E-state index is -4.53. The summed E-state index contributed by atoms with van der Waals surface area (Å²) in [5.41, 5.74) is -0.738. The molecule has 1 fully saturated rings. The summed E-state index contributed by atoms with van der Waals surface area (Å²) in [6, 6.07) is -0.911. The third kappa shape index (κ3) is 4.85. The number of nitrogens with zero attached hydrogens (tertiary/aromatic N) is 3. The summed E-state index contributed by atoms with van der Waals surface area (Å²) in [5, 5.41) is 14.0. The first kappa shape index (κ1) is 21.9. The van der Waals surface area contributed by atoms with Gasteiger partial charge in [0.2, 0.25) is 5.88 Å². The minimum absolute atomic E-state index is 0.0386. The maximum atomic E-state index is 13.6. The van der Waals surface area contributed by atoms with Crippen LogP contribution in [0.1, 0.15) is 32.8 Å². The SMILES string of the molecule is CC(C)(C)OC(=O)NC1CC(C(F)(F)F)CN(c2c([N+](=O)[O-])cnc3c2CCO3)C1. The fourth-order valence-electron chi connectivity index (χ4n) is 3.70. The lowest BCUT2D eigenvalue weighted by Crippen LogP contribution is -2.54. The van der Waals surface area contributed by atoms with Gasteiger partial charge in [-0.25, -0.2) is 9.78 Å². The van der Waals surface area contributed by atoms with Crippen LogP contribution in [0, 0.1) is 16.0 Å². The van der Waals surface area contributed by atoms with Crippen LogP contribution in [0.3, 0.4) is 0 Å². The Morgan fingerprint density at radius 3 is 2.67 bits per heavy atom. The molecular weight excluding hydrogens is 409 g/mol. The van der Waals surface area contributed by atoms with Crippen molar-refractivity contribution < 1.29 is 32.4 Å². The number of carbonyl (C=O) groups is 1. The predicted molar refractivity (Wildman–Crippen MR) is 99.6 cm³/mol. The van der Waals surface area contributed by atoms with Crippen LogP contribution in [0.15, 0.2) is 6.20 Å². The second-order valence-corrected chi connectivity index (χ2v) is 8.35. The molecule has 166 valence electrons. The number of carbonyl (C=O) groups excluding carboxylic acids is 1. The second kappa shape index (κ2) is 7.80. The molecule has 2 unspecified atom stereocenters. The standard InChI is InChI=1S/C18H23F3N4O5/c1-17(2,3)30-16(26)23-11-6-10(18(19,20)21)8-24(9-11)14-12-4-5-29-15(12)22-7-13(14)25(27)28/h7,10-11H,4-6,8-9H2,1-3H3,(H,23,26). The third-order valence-corrected chi connectivity index (χ3v) is 4.83. The molecule has 1 aromatic rings. The van der Waals surface area contributed by atoms with E-state index in [9.17, 15) is 28.1 Å². The fraction of sp³-hybridized carbons (Fsp3) is 0.667. The van der Waals surface area contributed by atoms with Crippen LogP contribution in [0.25, 0.3) is 0 Å². The van der Waals surface area contributed by atoms with Crippen molar-refractivity contribution in [3.8, 4) is 5.88 Å². The lowest BCUT2D eigenvalue weighted by Gasteiger charge is -2.40. The number of nitro groups is 1. The van der Waals surface area contributed by atoms with E-state index in [4.69, 9.17) is 9.47 Å². The first-order chi connectivity index (χ1) is 13.8. The molecule has 0 radical (unpaired) electrons. The molecule has 1 saturated heterocycles. The van der Waals surface area contributed by atoms with Crippen molar-refractivity contribution in [2.75, 3.05) is 24.6 Å². The molecule has 1 N–H and O–H groups in total. The molecule has 1 amide bonds. The van der Waals surface area contributed by atoms with E-state index < -0.39 is 47.0 Å². The number of halogens is 3.